The predicted molar refractivity (Wildman–Crippen MR) is 82.2 cm³/mol. The van der Waals surface area contributed by atoms with E-state index in [0.29, 0.717) is 19.7 Å². The van der Waals surface area contributed by atoms with Crippen LogP contribution in [0.5, 0.6) is 0 Å². The first-order valence-electron chi connectivity index (χ1n) is 7.37. The van der Waals surface area contributed by atoms with Crippen LogP contribution in [0.1, 0.15) is 37.6 Å². The van der Waals surface area contributed by atoms with Crippen molar-refractivity contribution in [3.8, 4) is 0 Å². The Hall–Kier alpha value is -1.56. The third-order valence-electron chi connectivity index (χ3n) is 3.64. The highest BCUT2D eigenvalue weighted by molar-refractivity contribution is 7.10. The number of esters is 1. The Labute approximate surface area is 129 Å². The van der Waals surface area contributed by atoms with Crippen LogP contribution >= 0.6 is 11.3 Å². The number of thiophene rings is 1. The van der Waals surface area contributed by atoms with Gasteiger partial charge in [0.2, 0.25) is 0 Å². The van der Waals surface area contributed by atoms with E-state index >= 15 is 0 Å². The molecule has 2 amide bonds. The van der Waals surface area contributed by atoms with Crippen molar-refractivity contribution < 1.29 is 14.3 Å². The summed E-state index contributed by atoms with van der Waals surface area (Å²) < 4.78 is 5.05. The number of nitrogens with one attached hydrogen (secondary N) is 1. The highest BCUT2D eigenvalue weighted by atomic mass is 32.1. The van der Waals surface area contributed by atoms with Gasteiger partial charge in [0.15, 0.2) is 0 Å². The molecule has 5 nitrogen and oxygen atoms in total. The van der Waals surface area contributed by atoms with E-state index in [0.717, 1.165) is 17.7 Å². The van der Waals surface area contributed by atoms with Crippen LogP contribution in [0, 0.1) is 5.92 Å². The molecule has 0 aliphatic carbocycles. The average molecular weight is 310 g/mol. The van der Waals surface area contributed by atoms with Gasteiger partial charge in [-0.05, 0) is 38.1 Å². The molecule has 1 aliphatic heterocycles. The van der Waals surface area contributed by atoms with Crippen LogP contribution in [-0.2, 0) is 9.53 Å². The van der Waals surface area contributed by atoms with Gasteiger partial charge in [0.25, 0.3) is 0 Å². The monoisotopic (exact) mass is 310 g/mol. The van der Waals surface area contributed by atoms with Crippen LogP contribution in [0.15, 0.2) is 17.5 Å². The molecule has 6 heteroatoms. The lowest BCUT2D eigenvalue weighted by Crippen LogP contribution is -2.47. The van der Waals surface area contributed by atoms with E-state index in [4.69, 9.17) is 4.74 Å². The molecule has 0 bridgehead atoms. The zero-order valence-corrected chi connectivity index (χ0v) is 13.3. The Kier molecular flexibility index (Phi) is 5.61. The summed E-state index contributed by atoms with van der Waals surface area (Å²) in [4.78, 5) is 26.9. The van der Waals surface area contributed by atoms with Gasteiger partial charge in [0, 0.05) is 18.0 Å². The lowest BCUT2D eigenvalue weighted by atomic mass is 9.98. The minimum atomic E-state index is -0.193. The topological polar surface area (TPSA) is 58.6 Å². The molecule has 1 aromatic rings. The molecule has 1 fully saturated rings. The maximum atomic E-state index is 12.3. The van der Waals surface area contributed by atoms with Crippen LogP contribution in [0.4, 0.5) is 4.79 Å². The van der Waals surface area contributed by atoms with Gasteiger partial charge in [-0.1, -0.05) is 6.07 Å². The first-order valence-corrected chi connectivity index (χ1v) is 8.25. The van der Waals surface area contributed by atoms with Crippen molar-refractivity contribution in [3.05, 3.63) is 22.4 Å². The molecule has 1 aromatic heterocycles. The SMILES string of the molecule is CCOC(=O)[C@@H]1CCCN(C(=O)N[C@@H](C)c2cccs2)C1. The number of amides is 2. The van der Waals surface area contributed by atoms with Gasteiger partial charge in [-0.3, -0.25) is 4.79 Å². The molecule has 21 heavy (non-hydrogen) atoms. The summed E-state index contributed by atoms with van der Waals surface area (Å²) in [6.45, 7) is 5.29. The molecule has 116 valence electrons. The van der Waals surface area contributed by atoms with Crippen molar-refractivity contribution in [2.45, 2.75) is 32.7 Å². The fourth-order valence-electron chi connectivity index (χ4n) is 2.50. The summed E-state index contributed by atoms with van der Waals surface area (Å²) in [5, 5.41) is 4.98. The number of rotatable bonds is 4. The van der Waals surface area contributed by atoms with E-state index < -0.39 is 0 Å². The Balaban J connectivity index is 1.88. The van der Waals surface area contributed by atoms with Gasteiger partial charge in [0.05, 0.1) is 18.6 Å². The average Bonchev–Trinajstić information content (AvgIpc) is 3.02. The molecule has 2 rings (SSSR count). The van der Waals surface area contributed by atoms with E-state index in [1.165, 1.54) is 0 Å². The number of carbonyl (C=O) groups excluding carboxylic acids is 2. The Bertz CT molecular complexity index is 475. The Morgan fingerprint density at radius 2 is 2.38 bits per heavy atom. The standard InChI is InChI=1S/C15H22N2O3S/c1-3-20-14(18)12-6-4-8-17(10-12)15(19)16-11(2)13-7-5-9-21-13/h5,7,9,11-12H,3-4,6,8,10H2,1-2H3,(H,16,19)/t11-,12+/m0/s1. The maximum Gasteiger partial charge on any atom is 0.317 e. The van der Waals surface area contributed by atoms with Crippen molar-refractivity contribution >= 4 is 23.3 Å². The smallest absolute Gasteiger partial charge is 0.317 e. The van der Waals surface area contributed by atoms with Crippen molar-refractivity contribution in [2.75, 3.05) is 19.7 Å². The minimum absolute atomic E-state index is 0.0135. The Morgan fingerprint density at radius 3 is 3.05 bits per heavy atom. The molecular formula is C15H22N2O3S. The minimum Gasteiger partial charge on any atom is -0.466 e. The van der Waals surface area contributed by atoms with Crippen LogP contribution < -0.4 is 5.32 Å². The molecule has 0 radical (unpaired) electrons. The number of hydrogen-bond acceptors (Lipinski definition) is 4. The first kappa shape index (κ1) is 15.8. The summed E-state index contributed by atoms with van der Waals surface area (Å²) in [5.41, 5.74) is 0. The second kappa shape index (κ2) is 7.45. The summed E-state index contributed by atoms with van der Waals surface area (Å²) in [6, 6.07) is 3.86. The van der Waals surface area contributed by atoms with Gasteiger partial charge in [-0.15, -0.1) is 11.3 Å². The van der Waals surface area contributed by atoms with Gasteiger partial charge in [-0.2, -0.15) is 0 Å². The van der Waals surface area contributed by atoms with E-state index in [-0.39, 0.29) is 24.0 Å². The third kappa shape index (κ3) is 4.20. The van der Waals surface area contributed by atoms with Gasteiger partial charge in [0.1, 0.15) is 0 Å². The molecule has 1 aliphatic rings. The fraction of sp³-hybridized carbons (Fsp3) is 0.600. The van der Waals surface area contributed by atoms with Crippen LogP contribution in [-0.4, -0.2) is 36.6 Å². The quantitative estimate of drug-likeness (QED) is 0.870. The van der Waals surface area contributed by atoms with Gasteiger partial charge in [-0.25, -0.2) is 4.79 Å². The molecule has 0 saturated carbocycles. The normalized spacial score (nSPS) is 19.9. The van der Waals surface area contributed by atoms with E-state index in [1.807, 2.05) is 24.4 Å². The second-order valence-corrected chi connectivity index (χ2v) is 6.20. The third-order valence-corrected chi connectivity index (χ3v) is 4.69. The van der Waals surface area contributed by atoms with Crippen LogP contribution in [0.3, 0.4) is 0 Å². The molecule has 2 atom stereocenters. The Morgan fingerprint density at radius 1 is 1.57 bits per heavy atom. The summed E-state index contributed by atoms with van der Waals surface area (Å²) >= 11 is 1.62. The van der Waals surface area contributed by atoms with E-state index in [9.17, 15) is 9.59 Å². The fourth-order valence-corrected chi connectivity index (χ4v) is 3.23. The number of urea groups is 1. The molecule has 1 N–H and O–H groups in total. The first-order chi connectivity index (χ1) is 10.1. The molecule has 2 heterocycles. The van der Waals surface area contributed by atoms with Crippen LogP contribution in [0.25, 0.3) is 0 Å². The molecule has 0 aromatic carbocycles. The van der Waals surface area contributed by atoms with Gasteiger partial charge >= 0.3 is 12.0 Å². The lowest BCUT2D eigenvalue weighted by molar-refractivity contribution is -0.149. The second-order valence-electron chi connectivity index (χ2n) is 5.22. The number of likely N-dealkylation sites (tertiary alicyclic amines) is 1. The molecule has 0 spiro atoms. The number of nitrogens with zero attached hydrogens (tertiary/aromatic N) is 1. The number of hydrogen-bond donors (Lipinski definition) is 1. The predicted octanol–water partition coefficient (Wildman–Crippen LogP) is 2.79. The van der Waals surface area contributed by atoms with Gasteiger partial charge < -0.3 is 15.0 Å². The lowest BCUT2D eigenvalue weighted by Gasteiger charge is -2.32. The van der Waals surface area contributed by atoms with Crippen molar-refractivity contribution in [3.63, 3.8) is 0 Å². The zero-order chi connectivity index (χ0) is 15.2. The number of piperidine rings is 1. The van der Waals surface area contributed by atoms with Crippen molar-refractivity contribution in [1.82, 2.24) is 10.2 Å². The van der Waals surface area contributed by atoms with E-state index in [2.05, 4.69) is 5.32 Å². The highest BCUT2D eigenvalue weighted by Crippen LogP contribution is 2.21. The number of carbonyl (C=O) groups is 2. The summed E-state index contributed by atoms with van der Waals surface area (Å²) in [7, 11) is 0. The van der Waals surface area contributed by atoms with E-state index in [1.54, 1.807) is 23.2 Å². The summed E-state index contributed by atoms with van der Waals surface area (Å²) in [6.07, 6.45) is 1.63. The highest BCUT2D eigenvalue weighted by Gasteiger charge is 2.29. The zero-order valence-electron chi connectivity index (χ0n) is 12.5. The summed E-state index contributed by atoms with van der Waals surface area (Å²) in [5.74, 6) is -0.386. The largest absolute Gasteiger partial charge is 0.466 e. The molecular weight excluding hydrogens is 288 g/mol. The van der Waals surface area contributed by atoms with Crippen molar-refractivity contribution in [1.29, 1.82) is 0 Å². The molecule has 0 unspecified atom stereocenters. The molecule has 1 saturated heterocycles. The van der Waals surface area contributed by atoms with Crippen LogP contribution in [0.2, 0.25) is 0 Å². The number of ether oxygens (including phenoxy) is 1. The maximum absolute atomic E-state index is 12.3. The van der Waals surface area contributed by atoms with Crippen molar-refractivity contribution in [2.24, 2.45) is 5.92 Å².